The molecule has 5 aromatic rings. The first-order chi connectivity index (χ1) is 22.4. The summed E-state index contributed by atoms with van der Waals surface area (Å²) in [6, 6.07) is 40.3. The van der Waals surface area contributed by atoms with Gasteiger partial charge in [-0.1, -0.05) is 84.9 Å². The fourth-order valence-electron chi connectivity index (χ4n) is 4.63. The van der Waals surface area contributed by atoms with Gasteiger partial charge < -0.3 is 20.7 Å². The maximum absolute atomic E-state index is 13.6. The lowest BCUT2D eigenvalue weighted by molar-refractivity contribution is -0.116. The summed E-state index contributed by atoms with van der Waals surface area (Å²) in [5.41, 5.74) is 4.22. The molecule has 7 nitrogen and oxygen atoms in total. The summed E-state index contributed by atoms with van der Waals surface area (Å²) in [5, 5.41) is 8.18. The Balaban J connectivity index is 1.39. The quantitative estimate of drug-likeness (QED) is 0.102. The van der Waals surface area contributed by atoms with Crippen LogP contribution >= 0.6 is 11.8 Å². The van der Waals surface area contributed by atoms with Gasteiger partial charge in [-0.2, -0.15) is 0 Å². The molecule has 0 aliphatic heterocycles. The number of para-hydroxylation sites is 1. The van der Waals surface area contributed by atoms with Crippen molar-refractivity contribution in [1.29, 1.82) is 0 Å². The molecule has 3 amide bonds. The number of aryl methyl sites for hydroxylation is 1. The maximum atomic E-state index is 13.6. The minimum absolute atomic E-state index is 0.0555. The number of thioether (sulfide) groups is 1. The average Bonchev–Trinajstić information content (AvgIpc) is 3.09. The minimum atomic E-state index is -0.555. The zero-order valence-electron chi connectivity index (χ0n) is 25.4. The van der Waals surface area contributed by atoms with Gasteiger partial charge in [-0.15, -0.1) is 11.8 Å². The number of ether oxygens (including phenoxy) is 1. The van der Waals surface area contributed by atoms with Crippen molar-refractivity contribution in [2.24, 2.45) is 0 Å². The van der Waals surface area contributed by atoms with Crippen molar-refractivity contribution in [3.63, 3.8) is 0 Å². The third kappa shape index (κ3) is 8.52. The van der Waals surface area contributed by atoms with E-state index >= 15 is 0 Å². The molecule has 0 aliphatic carbocycles. The Bertz CT molecular complexity index is 1860. The summed E-state index contributed by atoms with van der Waals surface area (Å²) in [7, 11) is 1.56. The maximum Gasteiger partial charge on any atom is 0.272 e. The second-order valence-corrected chi connectivity index (χ2v) is 11.5. The molecule has 0 saturated carbocycles. The molecule has 3 N–H and O–H groups in total. The Morgan fingerprint density at radius 2 is 1.43 bits per heavy atom. The second kappa shape index (κ2) is 15.4. The van der Waals surface area contributed by atoms with E-state index in [1.54, 1.807) is 61.7 Å². The number of methoxy groups -OCH3 is 1. The smallest absolute Gasteiger partial charge is 0.272 e. The predicted octanol–water partition coefficient (Wildman–Crippen LogP) is 7.89. The van der Waals surface area contributed by atoms with Gasteiger partial charge in [-0.05, 0) is 78.2 Å². The molecule has 0 saturated heterocycles. The second-order valence-electron chi connectivity index (χ2n) is 10.3. The summed E-state index contributed by atoms with van der Waals surface area (Å²) in [6.07, 6.45) is 1.60. The van der Waals surface area contributed by atoms with E-state index in [4.69, 9.17) is 4.74 Å². The predicted molar refractivity (Wildman–Crippen MR) is 185 cm³/mol. The van der Waals surface area contributed by atoms with Crippen molar-refractivity contribution in [3.8, 4) is 5.75 Å². The van der Waals surface area contributed by atoms with Crippen molar-refractivity contribution in [2.45, 2.75) is 17.1 Å². The third-order valence-corrected chi connectivity index (χ3v) is 8.27. The monoisotopic (exact) mass is 627 g/mol. The van der Waals surface area contributed by atoms with Crippen molar-refractivity contribution < 1.29 is 19.1 Å². The van der Waals surface area contributed by atoms with Gasteiger partial charge in [0.25, 0.3) is 11.8 Å². The lowest BCUT2D eigenvalue weighted by Gasteiger charge is -2.18. The first kappa shape index (κ1) is 31.8. The molecule has 1 unspecified atom stereocenters. The standard InChI is InChI=1S/C38H33N3O4S/c1-26-13-9-10-22-33(26)40-38(44)35(28-15-5-3-6-16-28)46-32-21-12-19-30(25-32)39-37(43)34(24-27-14-11-20-31(23-27)45-2)41-36(42)29-17-7-4-8-18-29/h3-25,35H,1-2H3,(H,39,43)(H,40,44)(H,41,42)/b34-24-. The number of carbonyl (C=O) groups is 3. The van der Waals surface area contributed by atoms with Gasteiger partial charge in [0.2, 0.25) is 5.91 Å². The van der Waals surface area contributed by atoms with Gasteiger partial charge in [0.1, 0.15) is 16.7 Å². The summed E-state index contributed by atoms with van der Waals surface area (Å²) >= 11 is 1.38. The highest BCUT2D eigenvalue weighted by atomic mass is 32.2. The van der Waals surface area contributed by atoms with E-state index in [-0.39, 0.29) is 11.6 Å². The van der Waals surface area contributed by atoms with E-state index in [2.05, 4.69) is 16.0 Å². The Kier molecular flexibility index (Phi) is 10.7. The molecule has 0 aromatic heterocycles. The zero-order valence-corrected chi connectivity index (χ0v) is 26.2. The van der Waals surface area contributed by atoms with E-state index in [1.807, 2.05) is 91.9 Å². The first-order valence-corrected chi connectivity index (χ1v) is 15.5. The van der Waals surface area contributed by atoms with Crippen LogP contribution in [0.2, 0.25) is 0 Å². The number of carbonyl (C=O) groups excluding carboxylic acids is 3. The lowest BCUT2D eigenvalue weighted by atomic mass is 10.1. The van der Waals surface area contributed by atoms with Crippen LogP contribution in [0.25, 0.3) is 6.08 Å². The van der Waals surface area contributed by atoms with Crippen molar-refractivity contribution in [2.75, 3.05) is 17.7 Å². The van der Waals surface area contributed by atoms with Gasteiger partial charge in [-0.25, -0.2) is 0 Å². The Hall–Kier alpha value is -5.60. The molecule has 0 bridgehead atoms. The number of hydrogen-bond acceptors (Lipinski definition) is 5. The SMILES string of the molecule is COc1cccc(/C=C(\NC(=O)c2ccccc2)C(=O)Nc2cccc(SC(C(=O)Nc3ccccc3C)c3ccccc3)c2)c1. The normalized spacial score (nSPS) is 11.7. The van der Waals surface area contributed by atoms with Crippen LogP contribution in [0.1, 0.15) is 32.3 Å². The molecule has 1 atom stereocenters. The zero-order chi connectivity index (χ0) is 32.3. The number of rotatable bonds is 11. The van der Waals surface area contributed by atoms with Crippen LogP contribution in [0.5, 0.6) is 5.75 Å². The van der Waals surface area contributed by atoms with Crippen LogP contribution in [0.4, 0.5) is 11.4 Å². The molecule has 5 aromatic carbocycles. The Morgan fingerprint density at radius 1 is 0.739 bits per heavy atom. The Labute approximate surface area is 272 Å². The summed E-state index contributed by atoms with van der Waals surface area (Å²) in [4.78, 5) is 41.1. The average molecular weight is 628 g/mol. The minimum Gasteiger partial charge on any atom is -0.497 e. The molecule has 46 heavy (non-hydrogen) atoms. The summed E-state index contributed by atoms with van der Waals surface area (Å²) in [6.45, 7) is 1.95. The highest BCUT2D eigenvalue weighted by Crippen LogP contribution is 2.37. The van der Waals surface area contributed by atoms with Crippen molar-refractivity contribution in [1.82, 2.24) is 5.32 Å². The fourth-order valence-corrected chi connectivity index (χ4v) is 5.72. The number of benzene rings is 5. The number of anilines is 2. The Morgan fingerprint density at radius 3 is 2.17 bits per heavy atom. The highest BCUT2D eigenvalue weighted by molar-refractivity contribution is 8.00. The molecule has 0 fully saturated rings. The summed E-state index contributed by atoms with van der Waals surface area (Å²) < 4.78 is 5.33. The van der Waals surface area contributed by atoms with Crippen LogP contribution in [0.15, 0.2) is 144 Å². The number of hydrogen-bond donors (Lipinski definition) is 3. The molecule has 5 rings (SSSR count). The lowest BCUT2D eigenvalue weighted by Crippen LogP contribution is -2.30. The van der Waals surface area contributed by atoms with E-state index in [0.29, 0.717) is 22.6 Å². The number of nitrogens with one attached hydrogen (secondary N) is 3. The molecule has 8 heteroatoms. The van der Waals surface area contributed by atoms with Crippen molar-refractivity contribution >= 4 is 46.9 Å². The fraction of sp³-hybridized carbons (Fsp3) is 0.0789. The molecule has 0 heterocycles. The van der Waals surface area contributed by atoms with Crippen LogP contribution in [0.3, 0.4) is 0 Å². The third-order valence-electron chi connectivity index (χ3n) is 7.02. The van der Waals surface area contributed by atoms with Gasteiger partial charge in [0.15, 0.2) is 0 Å². The van der Waals surface area contributed by atoms with Gasteiger partial charge in [-0.3, -0.25) is 14.4 Å². The van der Waals surface area contributed by atoms with Gasteiger partial charge in [0, 0.05) is 21.8 Å². The van der Waals surface area contributed by atoms with E-state index in [1.165, 1.54) is 11.8 Å². The molecular formula is C38H33N3O4S. The summed E-state index contributed by atoms with van der Waals surface area (Å²) in [5.74, 6) is -0.468. The van der Waals surface area contributed by atoms with Gasteiger partial charge in [0.05, 0.1) is 7.11 Å². The molecule has 0 aliphatic rings. The van der Waals surface area contributed by atoms with Crippen LogP contribution in [-0.2, 0) is 9.59 Å². The first-order valence-electron chi connectivity index (χ1n) is 14.6. The molecule has 230 valence electrons. The largest absolute Gasteiger partial charge is 0.497 e. The van der Waals surface area contributed by atoms with E-state index in [0.717, 1.165) is 21.7 Å². The van der Waals surface area contributed by atoms with Crippen LogP contribution in [0, 0.1) is 6.92 Å². The number of amides is 3. The van der Waals surface area contributed by atoms with E-state index in [9.17, 15) is 14.4 Å². The highest BCUT2D eigenvalue weighted by Gasteiger charge is 2.23. The topological polar surface area (TPSA) is 96.5 Å². The van der Waals surface area contributed by atoms with Gasteiger partial charge >= 0.3 is 0 Å². The van der Waals surface area contributed by atoms with E-state index < -0.39 is 17.1 Å². The van der Waals surface area contributed by atoms with Crippen LogP contribution < -0.4 is 20.7 Å². The molecule has 0 radical (unpaired) electrons. The molecular weight excluding hydrogens is 595 g/mol. The molecule has 0 spiro atoms. The van der Waals surface area contributed by atoms with Crippen molar-refractivity contribution in [3.05, 3.63) is 161 Å². The van der Waals surface area contributed by atoms with Crippen LogP contribution in [-0.4, -0.2) is 24.8 Å².